The molecule has 4 nitrogen and oxygen atoms in total. The molecule has 0 aliphatic carbocycles. The highest BCUT2D eigenvalue weighted by Gasteiger charge is 2.11. The van der Waals surface area contributed by atoms with Gasteiger partial charge in [-0.15, -0.1) is 0 Å². The monoisotopic (exact) mass is 634 g/mol. The Morgan fingerprint density at radius 2 is 1.51 bits per heavy atom. The van der Waals surface area contributed by atoms with Crippen molar-refractivity contribution in [1.29, 1.82) is 0 Å². The van der Waals surface area contributed by atoms with Gasteiger partial charge in [0.1, 0.15) is 5.75 Å². The number of aromatic nitrogens is 1. The maximum Gasteiger partial charge on any atom is 0.255 e. The lowest BCUT2D eigenvalue weighted by Gasteiger charge is -2.11. The lowest BCUT2D eigenvalue weighted by Crippen LogP contribution is -3.00. The normalized spacial score (nSPS) is 10.7. The number of thiazole rings is 1. The van der Waals surface area contributed by atoms with Gasteiger partial charge in [-0.1, -0.05) is 113 Å². The number of benzene rings is 2. The van der Waals surface area contributed by atoms with E-state index < -0.39 is 0 Å². The van der Waals surface area contributed by atoms with Crippen LogP contribution in [0, 0.1) is 6.92 Å². The van der Waals surface area contributed by atoms with Crippen LogP contribution in [0.3, 0.4) is 0 Å². The Morgan fingerprint density at radius 1 is 0.897 bits per heavy atom. The Bertz CT molecular complexity index is 1100. The van der Waals surface area contributed by atoms with Gasteiger partial charge in [-0.25, -0.2) is 0 Å². The quantitative estimate of drug-likeness (QED) is 0.130. The molecule has 0 fully saturated rings. The van der Waals surface area contributed by atoms with E-state index in [1.165, 1.54) is 75.5 Å². The summed E-state index contributed by atoms with van der Waals surface area (Å²) in [6, 6.07) is 13.1. The lowest BCUT2D eigenvalue weighted by molar-refractivity contribution is -0.683. The van der Waals surface area contributed by atoms with Gasteiger partial charge in [0, 0.05) is 22.9 Å². The van der Waals surface area contributed by atoms with Gasteiger partial charge in [-0.2, -0.15) is 4.57 Å². The number of amides is 1. The highest BCUT2D eigenvalue weighted by Crippen LogP contribution is 2.28. The fourth-order valence-corrected chi connectivity index (χ4v) is 5.33. The second-order valence-corrected chi connectivity index (χ2v) is 11.7. The molecule has 2 aromatic carbocycles. The van der Waals surface area contributed by atoms with E-state index in [4.69, 9.17) is 16.3 Å². The first-order valence-electron chi connectivity index (χ1n) is 14.3. The van der Waals surface area contributed by atoms with E-state index in [1.807, 2.05) is 30.3 Å². The molecular formula is C32H44BrClN2O2S. The standard InChI is InChI=1S/C32H43ClN2O2S.BrH/c1-3-4-5-6-7-8-9-10-11-12-13-14-21-37-31-22-29(19-20-30(31)33)34-32(36)28-17-15-27(16-18-28)24-35-23-26(2)38-25-35;/h15-20,22-23,25H,3-14,21,24H2,1-2H3;1H. The number of hydrogen-bond acceptors (Lipinski definition) is 3. The van der Waals surface area contributed by atoms with E-state index in [9.17, 15) is 4.79 Å². The Balaban J connectivity index is 0.00000533. The lowest BCUT2D eigenvalue weighted by atomic mass is 10.1. The van der Waals surface area contributed by atoms with Crippen molar-refractivity contribution >= 4 is 34.5 Å². The van der Waals surface area contributed by atoms with Gasteiger partial charge in [-0.3, -0.25) is 4.79 Å². The van der Waals surface area contributed by atoms with Crippen LogP contribution in [0.25, 0.3) is 0 Å². The van der Waals surface area contributed by atoms with E-state index in [2.05, 4.69) is 35.4 Å². The van der Waals surface area contributed by atoms with Crippen LogP contribution in [-0.2, 0) is 6.54 Å². The molecule has 0 radical (unpaired) electrons. The molecule has 0 atom stereocenters. The van der Waals surface area contributed by atoms with Crippen molar-refractivity contribution in [3.8, 4) is 5.75 Å². The second-order valence-electron chi connectivity index (χ2n) is 10.2. The van der Waals surface area contributed by atoms with Gasteiger partial charge in [0.2, 0.25) is 5.51 Å². The number of halogens is 2. The summed E-state index contributed by atoms with van der Waals surface area (Å²) < 4.78 is 8.10. The SMILES string of the molecule is CCCCCCCCCCCCCCOc1cc(NC(=O)c2ccc(C[n+]3csc(C)c3)cc2)ccc1Cl.[Br-]. The van der Waals surface area contributed by atoms with Crippen LogP contribution in [0.5, 0.6) is 5.75 Å². The smallest absolute Gasteiger partial charge is 0.255 e. The van der Waals surface area contributed by atoms with Crippen LogP contribution >= 0.6 is 22.9 Å². The van der Waals surface area contributed by atoms with E-state index in [1.54, 1.807) is 23.5 Å². The Labute approximate surface area is 254 Å². The second kappa shape index (κ2) is 19.2. The van der Waals surface area contributed by atoms with Gasteiger partial charge < -0.3 is 27.0 Å². The number of anilines is 1. The minimum Gasteiger partial charge on any atom is -1.00 e. The number of nitrogens with one attached hydrogen (secondary N) is 1. The molecule has 7 heteroatoms. The van der Waals surface area contributed by atoms with Crippen molar-refractivity contribution in [2.75, 3.05) is 11.9 Å². The summed E-state index contributed by atoms with van der Waals surface area (Å²) in [5.41, 5.74) is 4.56. The average Bonchev–Trinajstić information content (AvgIpc) is 3.33. The number of ether oxygens (including phenoxy) is 1. The summed E-state index contributed by atoms with van der Waals surface area (Å²) in [5.74, 6) is 0.468. The van der Waals surface area contributed by atoms with Crippen LogP contribution in [0.2, 0.25) is 5.02 Å². The summed E-state index contributed by atoms with van der Waals surface area (Å²) >= 11 is 8.07. The van der Waals surface area contributed by atoms with Crippen LogP contribution in [-0.4, -0.2) is 12.5 Å². The topological polar surface area (TPSA) is 42.2 Å². The zero-order valence-electron chi connectivity index (χ0n) is 23.5. The van der Waals surface area contributed by atoms with Gasteiger partial charge >= 0.3 is 0 Å². The number of aryl methyl sites for hydroxylation is 1. The van der Waals surface area contributed by atoms with E-state index in [0.717, 1.165) is 18.5 Å². The van der Waals surface area contributed by atoms with Crippen LogP contribution in [0.4, 0.5) is 5.69 Å². The third-order valence-electron chi connectivity index (χ3n) is 6.75. The molecule has 3 rings (SSSR count). The molecule has 0 aliphatic heterocycles. The van der Waals surface area contributed by atoms with E-state index >= 15 is 0 Å². The summed E-state index contributed by atoms with van der Waals surface area (Å²) in [7, 11) is 0. The highest BCUT2D eigenvalue weighted by molar-refractivity contribution is 7.09. The number of carbonyl (C=O) groups excluding carboxylic acids is 1. The fourth-order valence-electron chi connectivity index (χ4n) is 4.52. The first-order valence-corrected chi connectivity index (χ1v) is 15.6. The van der Waals surface area contributed by atoms with E-state index in [-0.39, 0.29) is 22.9 Å². The molecule has 1 N–H and O–H groups in total. The zero-order chi connectivity index (χ0) is 27.0. The maximum absolute atomic E-state index is 12.8. The minimum atomic E-state index is -0.148. The van der Waals surface area contributed by atoms with Crippen molar-refractivity contribution in [1.82, 2.24) is 0 Å². The summed E-state index contributed by atoms with van der Waals surface area (Å²) in [5, 5.41) is 3.53. The largest absolute Gasteiger partial charge is 1.00 e. The number of rotatable bonds is 18. The first-order chi connectivity index (χ1) is 18.5. The van der Waals surface area contributed by atoms with Crippen molar-refractivity contribution in [2.24, 2.45) is 0 Å². The molecule has 214 valence electrons. The summed E-state index contributed by atoms with van der Waals surface area (Å²) in [4.78, 5) is 14.1. The van der Waals surface area contributed by atoms with Crippen LogP contribution in [0.15, 0.2) is 54.2 Å². The van der Waals surface area contributed by atoms with Crippen molar-refractivity contribution in [3.05, 3.63) is 75.2 Å². The number of unbranched alkanes of at least 4 members (excludes halogenated alkanes) is 11. The van der Waals surface area contributed by atoms with Crippen molar-refractivity contribution in [3.63, 3.8) is 0 Å². The number of carbonyl (C=O) groups is 1. The summed E-state index contributed by atoms with van der Waals surface area (Å²) in [6.45, 7) is 5.80. The molecule has 1 amide bonds. The van der Waals surface area contributed by atoms with Gasteiger partial charge in [0.15, 0.2) is 12.7 Å². The molecule has 1 heterocycles. The third kappa shape index (κ3) is 12.9. The molecule has 0 saturated heterocycles. The number of hydrogen-bond donors (Lipinski definition) is 1. The van der Waals surface area contributed by atoms with E-state index in [0.29, 0.717) is 28.6 Å². The van der Waals surface area contributed by atoms with Gasteiger partial charge in [0.05, 0.1) is 16.5 Å². The zero-order valence-corrected chi connectivity index (χ0v) is 26.7. The molecular weight excluding hydrogens is 592 g/mol. The minimum absolute atomic E-state index is 0. The molecule has 0 saturated carbocycles. The maximum atomic E-state index is 12.8. The predicted octanol–water partition coefficient (Wildman–Crippen LogP) is 6.38. The molecule has 1 aromatic heterocycles. The van der Waals surface area contributed by atoms with Crippen LogP contribution < -0.4 is 31.6 Å². The fraction of sp³-hybridized carbons (Fsp3) is 0.500. The molecule has 0 bridgehead atoms. The number of nitrogens with zero attached hydrogens (tertiary/aromatic N) is 1. The Hall–Kier alpha value is -1.89. The van der Waals surface area contributed by atoms with Gasteiger partial charge in [-0.05, 0) is 37.6 Å². The Morgan fingerprint density at radius 3 is 2.10 bits per heavy atom. The molecule has 3 aromatic rings. The predicted molar refractivity (Wildman–Crippen MR) is 161 cm³/mol. The van der Waals surface area contributed by atoms with Crippen molar-refractivity contribution in [2.45, 2.75) is 97.4 Å². The average molecular weight is 636 g/mol. The summed E-state index contributed by atoms with van der Waals surface area (Å²) in [6.07, 6.45) is 17.9. The first kappa shape index (κ1) is 33.3. The third-order valence-corrected chi connectivity index (χ3v) is 7.91. The Kier molecular flexibility index (Phi) is 16.4. The molecule has 0 aliphatic rings. The molecule has 39 heavy (non-hydrogen) atoms. The van der Waals surface area contributed by atoms with Crippen molar-refractivity contribution < 1.29 is 31.1 Å². The molecule has 0 unspecified atom stereocenters. The van der Waals surface area contributed by atoms with Crippen LogP contribution in [0.1, 0.15) is 105 Å². The highest BCUT2D eigenvalue weighted by atomic mass is 79.9. The van der Waals surface area contributed by atoms with Gasteiger partial charge in [0.25, 0.3) is 5.91 Å². The molecule has 0 spiro atoms.